The highest BCUT2D eigenvalue weighted by Gasteiger charge is 2.32. The molecule has 0 saturated carbocycles. The van der Waals surface area contributed by atoms with Crippen molar-refractivity contribution in [1.29, 1.82) is 0 Å². The number of ether oxygens (including phenoxy) is 2. The van der Waals surface area contributed by atoms with Gasteiger partial charge in [0.2, 0.25) is 5.91 Å². The average Bonchev–Trinajstić information content (AvgIpc) is 2.93. The van der Waals surface area contributed by atoms with Crippen LogP contribution in [0.25, 0.3) is 0 Å². The molecule has 7 heteroatoms. The molecule has 1 fully saturated rings. The SMILES string of the molecule is COc1ccc(/C=N/NC(=O)CC2(C)SCCS2)c(OC)c1. The molecule has 2 rings (SSSR count). The van der Waals surface area contributed by atoms with Crippen molar-refractivity contribution in [2.45, 2.75) is 17.4 Å². The lowest BCUT2D eigenvalue weighted by atomic mass is 10.2. The Kier molecular flexibility index (Phi) is 6.02. The molecule has 1 saturated heterocycles. The molecule has 0 radical (unpaired) electrons. The number of carbonyl (C=O) groups excluding carboxylic acids is 1. The van der Waals surface area contributed by atoms with Crippen LogP contribution in [-0.4, -0.2) is 41.9 Å². The number of benzene rings is 1. The molecule has 1 N–H and O–H groups in total. The fourth-order valence-electron chi connectivity index (χ4n) is 2.09. The van der Waals surface area contributed by atoms with Crippen LogP contribution in [0.2, 0.25) is 0 Å². The summed E-state index contributed by atoms with van der Waals surface area (Å²) in [6.07, 6.45) is 2.03. The van der Waals surface area contributed by atoms with Crippen molar-refractivity contribution in [3.8, 4) is 11.5 Å². The molecule has 1 aromatic rings. The van der Waals surface area contributed by atoms with Crippen molar-refractivity contribution in [3.63, 3.8) is 0 Å². The van der Waals surface area contributed by atoms with Crippen LogP contribution < -0.4 is 14.9 Å². The normalized spacial score (nSPS) is 16.7. The standard InChI is InChI=1S/C15H20N2O3S2/c1-15(21-6-7-22-15)9-14(18)17-16-10-11-4-5-12(19-2)8-13(11)20-3/h4-5,8,10H,6-7,9H2,1-3H3,(H,17,18)/b16-10+. The lowest BCUT2D eigenvalue weighted by molar-refractivity contribution is -0.121. The number of thioether (sulfide) groups is 2. The number of methoxy groups -OCH3 is 2. The van der Waals surface area contributed by atoms with Gasteiger partial charge < -0.3 is 9.47 Å². The van der Waals surface area contributed by atoms with E-state index in [4.69, 9.17) is 9.47 Å². The summed E-state index contributed by atoms with van der Waals surface area (Å²) in [6.45, 7) is 2.10. The van der Waals surface area contributed by atoms with Crippen LogP contribution in [-0.2, 0) is 4.79 Å². The van der Waals surface area contributed by atoms with E-state index in [-0.39, 0.29) is 9.99 Å². The number of nitrogens with zero attached hydrogens (tertiary/aromatic N) is 1. The van der Waals surface area contributed by atoms with E-state index >= 15 is 0 Å². The first-order chi connectivity index (χ1) is 10.6. The minimum Gasteiger partial charge on any atom is -0.497 e. The molecule has 0 aromatic heterocycles. The Bertz CT molecular complexity index is 558. The highest BCUT2D eigenvalue weighted by Crippen LogP contribution is 2.45. The third-order valence-corrected chi connectivity index (χ3v) is 6.51. The maximum Gasteiger partial charge on any atom is 0.242 e. The second-order valence-corrected chi connectivity index (χ2v) is 8.36. The molecule has 1 aliphatic rings. The van der Waals surface area contributed by atoms with E-state index in [1.165, 1.54) is 0 Å². The number of rotatable bonds is 6. The van der Waals surface area contributed by atoms with Gasteiger partial charge in [0.25, 0.3) is 0 Å². The van der Waals surface area contributed by atoms with Crippen molar-refractivity contribution in [2.24, 2.45) is 5.10 Å². The molecule has 0 spiro atoms. The Morgan fingerprint density at radius 1 is 1.36 bits per heavy atom. The van der Waals surface area contributed by atoms with Gasteiger partial charge in [-0.3, -0.25) is 4.79 Å². The molecule has 1 aliphatic heterocycles. The van der Waals surface area contributed by atoms with Crippen LogP contribution in [0.3, 0.4) is 0 Å². The van der Waals surface area contributed by atoms with E-state index in [2.05, 4.69) is 17.5 Å². The fourth-order valence-corrected chi connectivity index (χ4v) is 4.92. The van der Waals surface area contributed by atoms with Gasteiger partial charge in [-0.2, -0.15) is 5.10 Å². The molecular weight excluding hydrogens is 320 g/mol. The first-order valence-corrected chi connectivity index (χ1v) is 8.85. The second-order valence-electron chi connectivity index (χ2n) is 4.91. The number of hydrazone groups is 1. The van der Waals surface area contributed by atoms with Crippen LogP contribution in [0, 0.1) is 0 Å². The zero-order valence-corrected chi connectivity index (χ0v) is 14.6. The minimum absolute atomic E-state index is 0.0304. The van der Waals surface area contributed by atoms with Gasteiger partial charge in [-0.05, 0) is 19.1 Å². The summed E-state index contributed by atoms with van der Waals surface area (Å²) in [4.78, 5) is 11.9. The highest BCUT2D eigenvalue weighted by molar-refractivity contribution is 8.21. The van der Waals surface area contributed by atoms with Gasteiger partial charge in [0.15, 0.2) is 0 Å². The molecule has 0 aliphatic carbocycles. The predicted octanol–water partition coefficient (Wildman–Crippen LogP) is 2.74. The maximum atomic E-state index is 11.9. The van der Waals surface area contributed by atoms with Gasteiger partial charge in [0.1, 0.15) is 11.5 Å². The summed E-state index contributed by atoms with van der Waals surface area (Å²) in [6, 6.07) is 5.42. The van der Waals surface area contributed by atoms with Gasteiger partial charge in [-0.25, -0.2) is 5.43 Å². The van der Waals surface area contributed by atoms with Gasteiger partial charge in [-0.15, -0.1) is 23.5 Å². The Balaban J connectivity index is 1.93. The Labute approximate surface area is 139 Å². The lowest BCUT2D eigenvalue weighted by Crippen LogP contribution is -2.26. The lowest BCUT2D eigenvalue weighted by Gasteiger charge is -2.19. The van der Waals surface area contributed by atoms with E-state index in [9.17, 15) is 4.79 Å². The van der Waals surface area contributed by atoms with E-state index in [0.717, 1.165) is 17.1 Å². The van der Waals surface area contributed by atoms with Crippen molar-refractivity contribution >= 4 is 35.6 Å². The summed E-state index contributed by atoms with van der Waals surface area (Å²) >= 11 is 3.66. The van der Waals surface area contributed by atoms with Gasteiger partial charge in [0, 0.05) is 23.1 Å². The number of hydrogen-bond acceptors (Lipinski definition) is 6. The summed E-state index contributed by atoms with van der Waals surface area (Å²) < 4.78 is 10.4. The summed E-state index contributed by atoms with van der Waals surface area (Å²) in [5, 5.41) is 4.01. The van der Waals surface area contributed by atoms with Crippen molar-refractivity contribution < 1.29 is 14.3 Å². The van der Waals surface area contributed by atoms with Gasteiger partial charge >= 0.3 is 0 Å². The second kappa shape index (κ2) is 7.78. The quantitative estimate of drug-likeness (QED) is 0.637. The summed E-state index contributed by atoms with van der Waals surface area (Å²) in [7, 11) is 3.18. The van der Waals surface area contributed by atoms with E-state index < -0.39 is 0 Å². The zero-order valence-electron chi connectivity index (χ0n) is 12.9. The number of carbonyl (C=O) groups is 1. The topological polar surface area (TPSA) is 59.9 Å². The molecule has 1 heterocycles. The molecule has 5 nitrogen and oxygen atoms in total. The first-order valence-electron chi connectivity index (χ1n) is 6.88. The van der Waals surface area contributed by atoms with Crippen LogP contribution >= 0.6 is 23.5 Å². The molecule has 0 bridgehead atoms. The third-order valence-electron chi connectivity index (χ3n) is 3.21. The van der Waals surface area contributed by atoms with Crippen molar-refractivity contribution in [2.75, 3.05) is 25.7 Å². The Morgan fingerprint density at radius 3 is 2.73 bits per heavy atom. The van der Waals surface area contributed by atoms with Crippen molar-refractivity contribution in [3.05, 3.63) is 23.8 Å². The van der Waals surface area contributed by atoms with Gasteiger partial charge in [0.05, 0.1) is 30.9 Å². The monoisotopic (exact) mass is 340 g/mol. The molecule has 0 unspecified atom stereocenters. The number of nitrogens with one attached hydrogen (secondary N) is 1. The zero-order chi connectivity index (χ0) is 16.0. The van der Waals surface area contributed by atoms with Crippen LogP contribution in [0.5, 0.6) is 11.5 Å². The average molecular weight is 340 g/mol. The molecule has 1 amide bonds. The van der Waals surface area contributed by atoms with Crippen LogP contribution in [0.1, 0.15) is 18.9 Å². The molecule has 22 heavy (non-hydrogen) atoms. The number of amides is 1. The maximum absolute atomic E-state index is 11.9. The Hall–Kier alpha value is -1.34. The molecular formula is C15H20N2O3S2. The van der Waals surface area contributed by atoms with E-state index in [0.29, 0.717) is 17.9 Å². The van der Waals surface area contributed by atoms with Gasteiger partial charge in [-0.1, -0.05) is 0 Å². The fraction of sp³-hybridized carbons (Fsp3) is 0.467. The molecule has 0 atom stereocenters. The largest absolute Gasteiger partial charge is 0.497 e. The summed E-state index contributed by atoms with van der Waals surface area (Å²) in [5.41, 5.74) is 3.36. The van der Waals surface area contributed by atoms with E-state index in [1.807, 2.05) is 35.7 Å². The first kappa shape index (κ1) is 17.0. The molecule has 1 aromatic carbocycles. The minimum atomic E-state index is -0.0758. The van der Waals surface area contributed by atoms with Crippen LogP contribution in [0.4, 0.5) is 0 Å². The molecule has 120 valence electrons. The van der Waals surface area contributed by atoms with E-state index in [1.54, 1.807) is 26.5 Å². The highest BCUT2D eigenvalue weighted by atomic mass is 32.2. The predicted molar refractivity (Wildman–Crippen MR) is 93.2 cm³/mol. The van der Waals surface area contributed by atoms with Crippen LogP contribution in [0.15, 0.2) is 23.3 Å². The summed E-state index contributed by atoms with van der Waals surface area (Å²) in [5.74, 6) is 3.47. The number of hydrogen-bond donors (Lipinski definition) is 1. The van der Waals surface area contributed by atoms with Crippen molar-refractivity contribution in [1.82, 2.24) is 5.43 Å². The smallest absolute Gasteiger partial charge is 0.242 e. The Morgan fingerprint density at radius 2 is 2.09 bits per heavy atom. The third kappa shape index (κ3) is 4.58.